The summed E-state index contributed by atoms with van der Waals surface area (Å²) in [7, 11) is -3.52. The standard InChI is InChI=1S/C20H17O3P/c21-24(20-14-8-3-9-15-20,23-19-12-6-2-7-13-19)22-17-16-18-10-4-1-5-11-18/h1-17H. The van der Waals surface area contributed by atoms with Crippen LogP contribution >= 0.6 is 7.60 Å². The minimum atomic E-state index is -3.52. The van der Waals surface area contributed by atoms with Crippen LogP contribution in [0.1, 0.15) is 5.56 Å². The third kappa shape index (κ3) is 4.15. The van der Waals surface area contributed by atoms with Crippen LogP contribution in [0.2, 0.25) is 0 Å². The van der Waals surface area contributed by atoms with Crippen LogP contribution in [0.5, 0.6) is 5.75 Å². The molecule has 0 fully saturated rings. The predicted octanol–water partition coefficient (Wildman–Crippen LogP) is 5.27. The summed E-state index contributed by atoms with van der Waals surface area (Å²) in [5.74, 6) is 0.498. The molecule has 0 bridgehead atoms. The monoisotopic (exact) mass is 336 g/mol. The highest BCUT2D eigenvalue weighted by molar-refractivity contribution is 7.62. The highest BCUT2D eigenvalue weighted by Crippen LogP contribution is 2.47. The van der Waals surface area contributed by atoms with Gasteiger partial charge >= 0.3 is 7.60 Å². The van der Waals surface area contributed by atoms with Crippen molar-refractivity contribution in [3.05, 3.63) is 103 Å². The van der Waals surface area contributed by atoms with E-state index < -0.39 is 7.60 Å². The van der Waals surface area contributed by atoms with E-state index >= 15 is 0 Å². The van der Waals surface area contributed by atoms with Crippen molar-refractivity contribution in [2.24, 2.45) is 0 Å². The smallest absolute Gasteiger partial charge is 0.421 e. The van der Waals surface area contributed by atoms with Gasteiger partial charge in [0.1, 0.15) is 5.75 Å². The van der Waals surface area contributed by atoms with E-state index in [1.54, 1.807) is 42.5 Å². The van der Waals surface area contributed by atoms with Crippen LogP contribution in [-0.4, -0.2) is 0 Å². The van der Waals surface area contributed by atoms with Gasteiger partial charge in [-0.3, -0.25) is 0 Å². The molecule has 24 heavy (non-hydrogen) atoms. The SMILES string of the molecule is O=P(OC=Cc1ccccc1)(Oc1ccccc1)c1ccccc1. The van der Waals surface area contributed by atoms with Crippen molar-refractivity contribution in [2.45, 2.75) is 0 Å². The van der Waals surface area contributed by atoms with Crippen molar-refractivity contribution in [3.8, 4) is 5.75 Å². The molecule has 0 aliphatic carbocycles. The average Bonchev–Trinajstić information content (AvgIpc) is 2.64. The number of benzene rings is 3. The molecule has 0 N–H and O–H groups in total. The van der Waals surface area contributed by atoms with E-state index in [-0.39, 0.29) is 0 Å². The Morgan fingerprint density at radius 3 is 1.88 bits per heavy atom. The highest BCUT2D eigenvalue weighted by atomic mass is 31.2. The highest BCUT2D eigenvalue weighted by Gasteiger charge is 2.29. The summed E-state index contributed by atoms with van der Waals surface area (Å²) in [5.41, 5.74) is 0.955. The first-order valence-electron chi connectivity index (χ1n) is 7.57. The fraction of sp³-hybridized carbons (Fsp3) is 0. The van der Waals surface area contributed by atoms with E-state index in [9.17, 15) is 4.57 Å². The molecule has 0 saturated heterocycles. The van der Waals surface area contributed by atoms with Gasteiger partial charge in [0.2, 0.25) is 0 Å². The first kappa shape index (κ1) is 16.1. The van der Waals surface area contributed by atoms with Gasteiger partial charge in [0.05, 0.1) is 11.6 Å². The Morgan fingerprint density at radius 2 is 1.25 bits per heavy atom. The Balaban J connectivity index is 1.85. The quantitative estimate of drug-likeness (QED) is 0.454. The molecule has 0 spiro atoms. The fourth-order valence-corrected chi connectivity index (χ4v) is 3.55. The van der Waals surface area contributed by atoms with Gasteiger partial charge in [-0.1, -0.05) is 66.7 Å². The molecule has 0 heterocycles. The van der Waals surface area contributed by atoms with Gasteiger partial charge in [-0.15, -0.1) is 0 Å². The third-order valence-corrected chi connectivity index (χ3v) is 5.08. The van der Waals surface area contributed by atoms with Crippen molar-refractivity contribution < 1.29 is 13.6 Å². The minimum Gasteiger partial charge on any atom is -0.421 e. The first-order chi connectivity index (χ1) is 11.8. The van der Waals surface area contributed by atoms with Crippen LogP contribution in [0.25, 0.3) is 6.08 Å². The Morgan fingerprint density at radius 1 is 0.708 bits per heavy atom. The van der Waals surface area contributed by atoms with Gasteiger partial charge in [0, 0.05) is 0 Å². The Hall–Kier alpha value is -2.77. The number of hydrogen-bond acceptors (Lipinski definition) is 3. The Bertz CT molecular complexity index is 831. The maximum Gasteiger partial charge on any atom is 0.462 e. The summed E-state index contributed by atoms with van der Waals surface area (Å²) in [6.07, 6.45) is 3.18. The summed E-state index contributed by atoms with van der Waals surface area (Å²) >= 11 is 0. The fourth-order valence-electron chi connectivity index (χ4n) is 2.12. The zero-order chi connectivity index (χ0) is 16.7. The molecule has 0 aliphatic rings. The van der Waals surface area contributed by atoms with E-state index in [1.807, 2.05) is 54.6 Å². The summed E-state index contributed by atoms with van der Waals surface area (Å²) < 4.78 is 24.6. The Kier molecular flexibility index (Phi) is 5.15. The molecule has 1 atom stereocenters. The van der Waals surface area contributed by atoms with E-state index in [2.05, 4.69) is 0 Å². The maximum absolute atomic E-state index is 13.3. The van der Waals surface area contributed by atoms with Crippen LogP contribution in [-0.2, 0) is 9.09 Å². The van der Waals surface area contributed by atoms with Gasteiger partial charge in [-0.05, 0) is 35.9 Å². The van der Waals surface area contributed by atoms with Gasteiger partial charge in [0.15, 0.2) is 0 Å². The first-order valence-corrected chi connectivity index (χ1v) is 9.11. The molecule has 3 aromatic rings. The zero-order valence-electron chi connectivity index (χ0n) is 13.0. The molecule has 3 aromatic carbocycles. The second-order valence-corrected chi connectivity index (χ2v) is 6.96. The summed E-state index contributed by atoms with van der Waals surface area (Å²) in [6, 6.07) is 27.6. The van der Waals surface area contributed by atoms with E-state index in [4.69, 9.17) is 9.05 Å². The normalized spacial score (nSPS) is 13.3. The van der Waals surface area contributed by atoms with Gasteiger partial charge < -0.3 is 9.05 Å². The molecule has 0 aromatic heterocycles. The second-order valence-electron chi connectivity index (χ2n) is 5.06. The van der Waals surface area contributed by atoms with Gasteiger partial charge in [-0.2, -0.15) is 0 Å². The predicted molar refractivity (Wildman–Crippen MR) is 97.3 cm³/mol. The van der Waals surface area contributed by atoms with Crippen molar-refractivity contribution in [1.82, 2.24) is 0 Å². The van der Waals surface area contributed by atoms with Gasteiger partial charge in [-0.25, -0.2) is 4.57 Å². The van der Waals surface area contributed by atoms with Crippen molar-refractivity contribution in [2.75, 3.05) is 0 Å². The number of hydrogen-bond donors (Lipinski definition) is 0. The molecule has 0 amide bonds. The van der Waals surface area contributed by atoms with Crippen molar-refractivity contribution >= 4 is 19.0 Å². The minimum absolute atomic E-state index is 0.498. The lowest BCUT2D eigenvalue weighted by atomic mass is 10.2. The largest absolute Gasteiger partial charge is 0.462 e. The van der Waals surface area contributed by atoms with Crippen molar-refractivity contribution in [1.29, 1.82) is 0 Å². The van der Waals surface area contributed by atoms with Crippen LogP contribution in [0, 0.1) is 0 Å². The summed E-state index contributed by atoms with van der Waals surface area (Å²) in [6.45, 7) is 0. The molecule has 0 aliphatic heterocycles. The Labute approximate surface area is 141 Å². The lowest BCUT2D eigenvalue weighted by Crippen LogP contribution is -2.10. The topological polar surface area (TPSA) is 35.5 Å². The lowest BCUT2D eigenvalue weighted by molar-refractivity contribution is 0.369. The molecular formula is C20H17O3P. The van der Waals surface area contributed by atoms with E-state index in [0.29, 0.717) is 11.1 Å². The van der Waals surface area contributed by atoms with E-state index in [1.165, 1.54) is 6.26 Å². The molecule has 120 valence electrons. The maximum atomic E-state index is 13.3. The summed E-state index contributed by atoms with van der Waals surface area (Å²) in [4.78, 5) is 0. The van der Waals surface area contributed by atoms with Crippen LogP contribution < -0.4 is 9.83 Å². The van der Waals surface area contributed by atoms with E-state index in [0.717, 1.165) is 5.56 Å². The second kappa shape index (κ2) is 7.67. The molecule has 3 nitrogen and oxygen atoms in total. The van der Waals surface area contributed by atoms with Gasteiger partial charge in [0.25, 0.3) is 0 Å². The average molecular weight is 336 g/mol. The molecule has 4 heteroatoms. The van der Waals surface area contributed by atoms with Crippen LogP contribution in [0.4, 0.5) is 0 Å². The lowest BCUT2D eigenvalue weighted by Gasteiger charge is -2.18. The molecule has 1 unspecified atom stereocenters. The van der Waals surface area contributed by atoms with Crippen LogP contribution in [0.15, 0.2) is 97.3 Å². The third-order valence-electron chi connectivity index (χ3n) is 3.30. The molecule has 0 saturated carbocycles. The number of para-hydroxylation sites is 1. The van der Waals surface area contributed by atoms with Crippen molar-refractivity contribution in [3.63, 3.8) is 0 Å². The van der Waals surface area contributed by atoms with Crippen LogP contribution in [0.3, 0.4) is 0 Å². The summed E-state index contributed by atoms with van der Waals surface area (Å²) in [5, 5.41) is 0.506. The zero-order valence-corrected chi connectivity index (χ0v) is 13.9. The molecular weight excluding hydrogens is 319 g/mol. The molecule has 3 rings (SSSR count). The molecule has 0 radical (unpaired) electrons. The number of rotatable bonds is 6.